The van der Waals surface area contributed by atoms with Crippen molar-refractivity contribution < 1.29 is 14.3 Å². The Morgan fingerprint density at radius 2 is 2.13 bits per heavy atom. The zero-order chi connectivity index (χ0) is 11.6. The van der Waals surface area contributed by atoms with Gasteiger partial charge in [0.1, 0.15) is 0 Å². The third-order valence-corrected chi connectivity index (χ3v) is 3.14. The first kappa shape index (κ1) is 12.1. The summed E-state index contributed by atoms with van der Waals surface area (Å²) in [4.78, 5) is 11.3. The molecule has 82 valence electrons. The van der Waals surface area contributed by atoms with E-state index in [0.717, 1.165) is 0 Å². The third kappa shape index (κ3) is 2.18. The van der Waals surface area contributed by atoms with Crippen LogP contribution in [-0.4, -0.2) is 20.2 Å². The van der Waals surface area contributed by atoms with Gasteiger partial charge in [0.15, 0.2) is 5.75 Å². The number of hydrogen-bond acceptors (Lipinski definition) is 4. The molecule has 0 heterocycles. The summed E-state index contributed by atoms with van der Waals surface area (Å²) in [7, 11) is 2.71. The number of methoxy groups -OCH3 is 2. The number of carbonyl (C=O) groups excluding carboxylic acids is 1. The van der Waals surface area contributed by atoms with Gasteiger partial charge in [-0.15, -0.1) is 0 Å². The Morgan fingerprint density at radius 1 is 1.53 bits per heavy atom. The van der Waals surface area contributed by atoms with Crippen molar-refractivity contribution in [3.63, 3.8) is 0 Å². The second-order valence-electron chi connectivity index (χ2n) is 2.66. The van der Waals surface area contributed by atoms with Crippen molar-refractivity contribution in [1.29, 1.82) is 0 Å². The van der Waals surface area contributed by atoms with Crippen LogP contribution < -0.4 is 10.5 Å². The maximum absolute atomic E-state index is 11.3. The lowest BCUT2D eigenvalue weighted by atomic mass is 10.1. The van der Waals surface area contributed by atoms with Gasteiger partial charge < -0.3 is 15.2 Å². The summed E-state index contributed by atoms with van der Waals surface area (Å²) in [5.74, 6) is -0.233. The fraction of sp³-hybridized carbons (Fsp3) is 0.222. The van der Waals surface area contributed by atoms with Crippen molar-refractivity contribution in [2.24, 2.45) is 0 Å². The van der Waals surface area contributed by atoms with Crippen LogP contribution in [0.1, 0.15) is 10.4 Å². The quantitative estimate of drug-likeness (QED) is 0.672. The topological polar surface area (TPSA) is 61.5 Å². The van der Waals surface area contributed by atoms with Gasteiger partial charge in [-0.25, -0.2) is 4.79 Å². The average molecular weight is 295 g/mol. The van der Waals surface area contributed by atoms with E-state index >= 15 is 0 Å². The van der Waals surface area contributed by atoms with Crippen molar-refractivity contribution in [1.82, 2.24) is 0 Å². The SMILES string of the molecule is COC(=O)c1cc(Cl)c(Br)c(OC)c1N. The molecule has 0 spiro atoms. The number of ether oxygens (including phenoxy) is 2. The van der Waals surface area contributed by atoms with Gasteiger partial charge in [-0.2, -0.15) is 0 Å². The fourth-order valence-electron chi connectivity index (χ4n) is 1.10. The van der Waals surface area contributed by atoms with Gasteiger partial charge in [-0.05, 0) is 22.0 Å². The molecule has 0 saturated heterocycles. The van der Waals surface area contributed by atoms with E-state index in [-0.39, 0.29) is 11.3 Å². The molecular formula is C9H9BrClNO3. The number of anilines is 1. The molecule has 0 aliphatic heterocycles. The number of hydrogen-bond donors (Lipinski definition) is 1. The number of carbonyl (C=O) groups is 1. The molecule has 4 nitrogen and oxygen atoms in total. The summed E-state index contributed by atoms with van der Waals surface area (Å²) in [5, 5.41) is 0.335. The van der Waals surface area contributed by atoms with Crippen LogP contribution in [0, 0.1) is 0 Å². The molecule has 0 atom stereocenters. The van der Waals surface area contributed by atoms with E-state index in [9.17, 15) is 4.79 Å². The Morgan fingerprint density at radius 3 is 2.60 bits per heavy atom. The number of halogens is 2. The van der Waals surface area contributed by atoms with Gasteiger partial charge in [-0.3, -0.25) is 0 Å². The zero-order valence-electron chi connectivity index (χ0n) is 8.14. The molecule has 0 fully saturated rings. The van der Waals surface area contributed by atoms with Crippen molar-refractivity contribution in [3.05, 3.63) is 21.1 Å². The molecule has 15 heavy (non-hydrogen) atoms. The van der Waals surface area contributed by atoms with Crippen LogP contribution >= 0.6 is 27.5 Å². The average Bonchev–Trinajstić information content (AvgIpc) is 2.23. The highest BCUT2D eigenvalue weighted by Crippen LogP contribution is 2.39. The first-order valence-electron chi connectivity index (χ1n) is 3.92. The lowest BCUT2D eigenvalue weighted by molar-refractivity contribution is 0.0601. The van der Waals surface area contributed by atoms with Gasteiger partial charge in [0.25, 0.3) is 0 Å². The number of esters is 1. The van der Waals surface area contributed by atoms with Crippen LogP contribution in [-0.2, 0) is 4.74 Å². The number of rotatable bonds is 2. The molecule has 1 aromatic rings. The highest BCUT2D eigenvalue weighted by atomic mass is 79.9. The molecule has 0 saturated carbocycles. The van der Waals surface area contributed by atoms with E-state index in [2.05, 4.69) is 20.7 Å². The van der Waals surface area contributed by atoms with Gasteiger partial charge in [0.2, 0.25) is 0 Å². The van der Waals surface area contributed by atoms with E-state index in [1.807, 2.05) is 0 Å². The van der Waals surface area contributed by atoms with E-state index in [4.69, 9.17) is 22.1 Å². The van der Waals surface area contributed by atoms with Crippen LogP contribution in [0.3, 0.4) is 0 Å². The van der Waals surface area contributed by atoms with E-state index < -0.39 is 5.97 Å². The molecule has 0 unspecified atom stereocenters. The second kappa shape index (κ2) is 4.72. The minimum absolute atomic E-state index is 0.183. The Kier molecular flexibility index (Phi) is 3.82. The molecule has 0 aromatic heterocycles. The van der Waals surface area contributed by atoms with E-state index in [0.29, 0.717) is 15.2 Å². The minimum atomic E-state index is -0.555. The summed E-state index contributed by atoms with van der Waals surface area (Å²) >= 11 is 9.09. The molecule has 1 aromatic carbocycles. The first-order chi connectivity index (χ1) is 7.02. The Labute approximate surface area is 100 Å². The molecule has 1 rings (SSSR count). The Balaban J connectivity index is 3.43. The van der Waals surface area contributed by atoms with E-state index in [1.165, 1.54) is 20.3 Å². The lowest BCUT2D eigenvalue weighted by Gasteiger charge is -2.11. The zero-order valence-corrected chi connectivity index (χ0v) is 10.5. The van der Waals surface area contributed by atoms with Gasteiger partial charge in [0, 0.05) is 0 Å². The number of nitrogens with two attached hydrogens (primary N) is 1. The molecule has 0 aliphatic carbocycles. The molecule has 0 radical (unpaired) electrons. The maximum atomic E-state index is 11.3. The molecule has 0 bridgehead atoms. The summed E-state index contributed by atoms with van der Waals surface area (Å²) in [5.41, 5.74) is 6.10. The predicted octanol–water partition coefficient (Wildman–Crippen LogP) is 2.48. The van der Waals surface area contributed by atoms with Crippen molar-refractivity contribution in [2.45, 2.75) is 0 Å². The molecule has 2 N–H and O–H groups in total. The standard InChI is InChI=1S/C9H9BrClNO3/c1-14-8-6(10)5(11)3-4(7(8)12)9(13)15-2/h3H,12H2,1-2H3. The van der Waals surface area contributed by atoms with Crippen LogP contribution in [0.25, 0.3) is 0 Å². The Bertz CT molecular complexity index is 409. The van der Waals surface area contributed by atoms with Crippen molar-refractivity contribution in [3.8, 4) is 5.75 Å². The normalized spacial score (nSPS) is 9.87. The highest BCUT2D eigenvalue weighted by molar-refractivity contribution is 9.10. The maximum Gasteiger partial charge on any atom is 0.340 e. The summed E-state index contributed by atoms with van der Waals surface area (Å²) in [6.07, 6.45) is 0. The first-order valence-corrected chi connectivity index (χ1v) is 5.09. The molecule has 0 amide bonds. The van der Waals surface area contributed by atoms with Gasteiger partial charge in [-0.1, -0.05) is 11.6 Å². The summed E-state index contributed by atoms with van der Waals surface area (Å²) in [6.45, 7) is 0. The largest absolute Gasteiger partial charge is 0.493 e. The molecule has 0 aliphatic rings. The lowest BCUT2D eigenvalue weighted by Crippen LogP contribution is -2.07. The molecule has 6 heteroatoms. The molecular weight excluding hydrogens is 285 g/mol. The monoisotopic (exact) mass is 293 g/mol. The predicted molar refractivity (Wildman–Crippen MR) is 61.5 cm³/mol. The minimum Gasteiger partial charge on any atom is -0.493 e. The van der Waals surface area contributed by atoms with E-state index in [1.54, 1.807) is 0 Å². The van der Waals surface area contributed by atoms with Gasteiger partial charge in [0.05, 0.1) is 35.0 Å². The Hall–Kier alpha value is -0.940. The summed E-state index contributed by atoms with van der Waals surface area (Å²) < 4.78 is 10.1. The fourth-order valence-corrected chi connectivity index (χ4v) is 1.78. The van der Waals surface area contributed by atoms with Gasteiger partial charge >= 0.3 is 5.97 Å². The second-order valence-corrected chi connectivity index (χ2v) is 3.86. The van der Waals surface area contributed by atoms with Crippen LogP contribution in [0.4, 0.5) is 5.69 Å². The highest BCUT2D eigenvalue weighted by Gasteiger charge is 2.19. The summed E-state index contributed by atoms with van der Waals surface area (Å²) in [6, 6.07) is 1.43. The van der Waals surface area contributed by atoms with Crippen LogP contribution in [0.2, 0.25) is 5.02 Å². The van der Waals surface area contributed by atoms with Crippen LogP contribution in [0.5, 0.6) is 5.75 Å². The van der Waals surface area contributed by atoms with Crippen LogP contribution in [0.15, 0.2) is 10.5 Å². The third-order valence-electron chi connectivity index (χ3n) is 1.82. The van der Waals surface area contributed by atoms with Crippen molar-refractivity contribution >= 4 is 39.2 Å². The number of benzene rings is 1. The van der Waals surface area contributed by atoms with Crippen molar-refractivity contribution in [2.75, 3.05) is 20.0 Å². The smallest absolute Gasteiger partial charge is 0.340 e. The number of nitrogen functional groups attached to an aromatic ring is 1.